The van der Waals surface area contributed by atoms with E-state index in [4.69, 9.17) is 4.74 Å². The molecule has 1 aromatic heterocycles. The zero-order chi connectivity index (χ0) is 19.6. The number of nitrogens with zero attached hydrogens (tertiary/aromatic N) is 4. The van der Waals surface area contributed by atoms with Gasteiger partial charge in [-0.3, -0.25) is 4.79 Å². The summed E-state index contributed by atoms with van der Waals surface area (Å²) >= 11 is 0. The van der Waals surface area contributed by atoms with Crippen molar-refractivity contribution in [2.75, 3.05) is 38.2 Å². The van der Waals surface area contributed by atoms with Gasteiger partial charge in [-0.1, -0.05) is 30.3 Å². The second-order valence-corrected chi connectivity index (χ2v) is 7.93. The highest BCUT2D eigenvalue weighted by atomic mass is 16.5. The second kappa shape index (κ2) is 7.78. The number of piperidine rings is 2. The van der Waals surface area contributed by atoms with Crippen molar-refractivity contribution in [3.8, 4) is 5.88 Å². The average molecular weight is 380 g/mol. The maximum absolute atomic E-state index is 13.0. The Morgan fingerprint density at radius 3 is 2.61 bits per heavy atom. The summed E-state index contributed by atoms with van der Waals surface area (Å²) in [7, 11) is 1.62. The van der Waals surface area contributed by atoms with Crippen molar-refractivity contribution in [1.29, 1.82) is 0 Å². The van der Waals surface area contributed by atoms with Crippen molar-refractivity contribution < 1.29 is 9.53 Å². The van der Waals surface area contributed by atoms with E-state index in [0.29, 0.717) is 5.88 Å². The lowest BCUT2D eigenvalue weighted by Gasteiger charge is -2.50. The van der Waals surface area contributed by atoms with Crippen molar-refractivity contribution >= 4 is 11.7 Å². The number of likely N-dealkylation sites (N-methyl/N-ethyl adjacent to an activating group) is 1. The molecule has 0 unspecified atom stereocenters. The van der Waals surface area contributed by atoms with Gasteiger partial charge in [-0.05, 0) is 37.2 Å². The van der Waals surface area contributed by atoms with Crippen LogP contribution in [0.25, 0.3) is 0 Å². The van der Waals surface area contributed by atoms with Crippen LogP contribution >= 0.6 is 0 Å². The van der Waals surface area contributed by atoms with Crippen LogP contribution in [0.1, 0.15) is 37.7 Å². The van der Waals surface area contributed by atoms with Crippen LogP contribution in [-0.2, 0) is 4.79 Å². The van der Waals surface area contributed by atoms with Crippen LogP contribution in [0.2, 0.25) is 0 Å². The topological polar surface area (TPSA) is 58.6 Å². The number of amides is 1. The molecule has 3 heterocycles. The summed E-state index contributed by atoms with van der Waals surface area (Å²) in [6.45, 7) is 5.60. The Morgan fingerprint density at radius 1 is 1.18 bits per heavy atom. The van der Waals surface area contributed by atoms with E-state index in [2.05, 4.69) is 38.8 Å². The summed E-state index contributed by atoms with van der Waals surface area (Å²) < 4.78 is 5.24. The van der Waals surface area contributed by atoms with Gasteiger partial charge >= 0.3 is 0 Å². The average Bonchev–Trinajstić information content (AvgIpc) is 2.76. The summed E-state index contributed by atoms with van der Waals surface area (Å²) in [4.78, 5) is 25.9. The van der Waals surface area contributed by atoms with E-state index >= 15 is 0 Å². The minimum Gasteiger partial charge on any atom is -0.481 e. The zero-order valence-electron chi connectivity index (χ0n) is 16.7. The van der Waals surface area contributed by atoms with Crippen LogP contribution in [0, 0.1) is 5.41 Å². The normalized spacial score (nSPS) is 21.8. The number of carbonyl (C=O) groups excluding carboxylic acids is 1. The van der Waals surface area contributed by atoms with Gasteiger partial charge in [0.25, 0.3) is 0 Å². The first kappa shape index (κ1) is 18.7. The summed E-state index contributed by atoms with van der Waals surface area (Å²) in [6, 6.07) is 12.2. The number of hydrogen-bond donors (Lipinski definition) is 0. The van der Waals surface area contributed by atoms with Gasteiger partial charge in [0.2, 0.25) is 11.8 Å². The second-order valence-electron chi connectivity index (χ2n) is 7.93. The van der Waals surface area contributed by atoms with Crippen LogP contribution in [0.4, 0.5) is 5.82 Å². The fourth-order valence-corrected chi connectivity index (χ4v) is 4.69. The van der Waals surface area contributed by atoms with Crippen molar-refractivity contribution in [1.82, 2.24) is 14.9 Å². The molecular weight excluding hydrogens is 352 g/mol. The van der Waals surface area contributed by atoms with E-state index in [1.54, 1.807) is 13.4 Å². The molecule has 148 valence electrons. The molecule has 6 nitrogen and oxygen atoms in total. The van der Waals surface area contributed by atoms with Gasteiger partial charge in [0.05, 0.1) is 13.0 Å². The molecule has 4 rings (SSSR count). The molecule has 2 fully saturated rings. The van der Waals surface area contributed by atoms with Gasteiger partial charge in [-0.15, -0.1) is 0 Å². The Kier molecular flexibility index (Phi) is 5.20. The van der Waals surface area contributed by atoms with Gasteiger partial charge < -0.3 is 14.5 Å². The lowest BCUT2D eigenvalue weighted by molar-refractivity contribution is -0.140. The first-order valence-electron chi connectivity index (χ1n) is 10.1. The number of aromatic nitrogens is 2. The van der Waals surface area contributed by atoms with Gasteiger partial charge in [0.1, 0.15) is 12.1 Å². The zero-order valence-corrected chi connectivity index (χ0v) is 16.7. The highest BCUT2D eigenvalue weighted by Crippen LogP contribution is 2.46. The summed E-state index contributed by atoms with van der Waals surface area (Å²) in [5, 5.41) is 0. The first-order valence-corrected chi connectivity index (χ1v) is 10.1. The molecule has 2 aromatic rings. The van der Waals surface area contributed by atoms with Gasteiger partial charge in [-0.2, -0.15) is 0 Å². The largest absolute Gasteiger partial charge is 0.481 e. The molecule has 2 saturated heterocycles. The van der Waals surface area contributed by atoms with E-state index in [1.807, 2.05) is 24.3 Å². The molecule has 0 saturated carbocycles. The van der Waals surface area contributed by atoms with E-state index in [1.165, 1.54) is 0 Å². The molecule has 0 radical (unpaired) electrons. The molecule has 1 atom stereocenters. The Bertz CT molecular complexity index is 818. The number of benzene rings is 1. The van der Waals surface area contributed by atoms with E-state index < -0.39 is 0 Å². The Balaban J connectivity index is 1.52. The molecule has 2 aliphatic rings. The summed E-state index contributed by atoms with van der Waals surface area (Å²) in [5.74, 6) is 1.76. The molecular formula is C22H28N4O2. The van der Waals surface area contributed by atoms with E-state index in [9.17, 15) is 4.79 Å². The molecule has 6 heteroatoms. The third-order valence-electron chi connectivity index (χ3n) is 6.34. The van der Waals surface area contributed by atoms with Crippen LogP contribution in [0.15, 0.2) is 42.7 Å². The standard InChI is InChI=1S/C22H28N4O2/c1-3-25-15-22(14-18(21(25)27)17-7-5-4-6-8-17)9-11-26(12-10-22)19-13-20(28-2)24-16-23-19/h4-8,13,16,18H,3,9-12,14-15H2,1-2H3/t18-/m1/s1. The molecule has 0 aliphatic carbocycles. The van der Waals surface area contributed by atoms with Gasteiger partial charge in [-0.25, -0.2) is 9.97 Å². The van der Waals surface area contributed by atoms with Crippen molar-refractivity contribution in [2.45, 2.75) is 32.1 Å². The molecule has 0 bridgehead atoms. The molecule has 1 spiro atoms. The third-order valence-corrected chi connectivity index (χ3v) is 6.34. The minimum absolute atomic E-state index is 0.0272. The number of likely N-dealkylation sites (tertiary alicyclic amines) is 1. The monoisotopic (exact) mass is 380 g/mol. The summed E-state index contributed by atoms with van der Waals surface area (Å²) in [5.41, 5.74) is 1.32. The molecule has 1 aromatic carbocycles. The van der Waals surface area contributed by atoms with Gasteiger partial charge in [0.15, 0.2) is 0 Å². The van der Waals surface area contributed by atoms with Crippen molar-refractivity contribution in [3.63, 3.8) is 0 Å². The van der Waals surface area contributed by atoms with E-state index in [0.717, 1.165) is 56.8 Å². The van der Waals surface area contributed by atoms with Crippen LogP contribution in [-0.4, -0.2) is 54.1 Å². The lowest BCUT2D eigenvalue weighted by Crippen LogP contribution is -2.54. The Morgan fingerprint density at radius 2 is 1.93 bits per heavy atom. The number of rotatable bonds is 4. The van der Waals surface area contributed by atoms with Crippen molar-refractivity contribution in [2.24, 2.45) is 5.41 Å². The smallest absolute Gasteiger partial charge is 0.230 e. The molecule has 0 N–H and O–H groups in total. The predicted molar refractivity (Wildman–Crippen MR) is 109 cm³/mol. The Hall–Kier alpha value is -2.63. The highest BCUT2D eigenvalue weighted by molar-refractivity contribution is 5.84. The fourth-order valence-electron chi connectivity index (χ4n) is 4.69. The lowest BCUT2D eigenvalue weighted by atomic mass is 9.67. The number of hydrogen-bond acceptors (Lipinski definition) is 5. The third kappa shape index (κ3) is 3.55. The molecule has 2 aliphatic heterocycles. The first-order chi connectivity index (χ1) is 13.6. The van der Waals surface area contributed by atoms with Crippen LogP contribution in [0.3, 0.4) is 0 Å². The predicted octanol–water partition coefficient (Wildman–Crippen LogP) is 3.11. The number of anilines is 1. The number of carbonyl (C=O) groups is 1. The number of methoxy groups -OCH3 is 1. The molecule has 28 heavy (non-hydrogen) atoms. The minimum atomic E-state index is -0.0272. The quantitative estimate of drug-likeness (QED) is 0.816. The maximum atomic E-state index is 13.0. The van der Waals surface area contributed by atoms with Crippen molar-refractivity contribution in [3.05, 3.63) is 48.3 Å². The summed E-state index contributed by atoms with van der Waals surface area (Å²) in [6.07, 6.45) is 4.62. The van der Waals surface area contributed by atoms with Crippen LogP contribution < -0.4 is 9.64 Å². The van der Waals surface area contributed by atoms with E-state index in [-0.39, 0.29) is 17.2 Å². The SMILES string of the molecule is CCN1CC2(CCN(c3cc(OC)ncn3)CC2)C[C@H](c2ccccc2)C1=O. The van der Waals surface area contributed by atoms with Gasteiger partial charge in [0, 0.05) is 32.2 Å². The number of ether oxygens (including phenoxy) is 1. The molecule has 1 amide bonds. The fraction of sp³-hybridized carbons (Fsp3) is 0.500. The Labute approximate surface area is 166 Å². The maximum Gasteiger partial charge on any atom is 0.230 e. The van der Waals surface area contributed by atoms with Crippen LogP contribution in [0.5, 0.6) is 5.88 Å². The highest BCUT2D eigenvalue weighted by Gasteiger charge is 2.45.